The number of hydrogen-bond donors (Lipinski definition) is 1. The highest BCUT2D eigenvalue weighted by Crippen LogP contribution is 2.27. The standard InChI is InChI=1S/C14H12ClN3O2/c15-11-7-17-12(8-16-11)18-14(19)13-10-4-2-1-3-9(10)5-6-20-13/h1-4,7-8,13H,5-6H2,(H,17,18,19). The molecule has 0 bridgehead atoms. The number of amides is 1. The van der Waals surface area contributed by atoms with Crippen LogP contribution in [0.4, 0.5) is 5.82 Å². The molecule has 1 amide bonds. The van der Waals surface area contributed by atoms with Gasteiger partial charge in [0, 0.05) is 0 Å². The first-order valence-corrected chi connectivity index (χ1v) is 6.59. The van der Waals surface area contributed by atoms with Gasteiger partial charge in [-0.25, -0.2) is 9.97 Å². The van der Waals surface area contributed by atoms with Gasteiger partial charge in [0.1, 0.15) is 5.15 Å². The molecule has 1 atom stereocenters. The fraction of sp³-hybridized carbons (Fsp3) is 0.214. The van der Waals surface area contributed by atoms with Crippen LogP contribution in [0.3, 0.4) is 0 Å². The van der Waals surface area contributed by atoms with Gasteiger partial charge >= 0.3 is 0 Å². The zero-order valence-electron chi connectivity index (χ0n) is 10.5. The van der Waals surface area contributed by atoms with Crippen LogP contribution >= 0.6 is 11.6 Å². The number of fused-ring (bicyclic) bond motifs is 1. The Kier molecular flexibility index (Phi) is 3.62. The average molecular weight is 290 g/mol. The molecule has 0 fully saturated rings. The summed E-state index contributed by atoms with van der Waals surface area (Å²) in [5, 5.41) is 2.96. The highest BCUT2D eigenvalue weighted by molar-refractivity contribution is 6.29. The van der Waals surface area contributed by atoms with E-state index in [9.17, 15) is 4.79 Å². The molecule has 2 heterocycles. The number of aromatic nitrogens is 2. The van der Waals surface area contributed by atoms with Gasteiger partial charge in [0.05, 0.1) is 19.0 Å². The molecule has 1 aliphatic rings. The second-order valence-electron chi connectivity index (χ2n) is 4.41. The normalized spacial score (nSPS) is 17.4. The summed E-state index contributed by atoms with van der Waals surface area (Å²) < 4.78 is 5.58. The molecule has 1 unspecified atom stereocenters. The molecule has 1 N–H and O–H groups in total. The Bertz CT molecular complexity index is 631. The topological polar surface area (TPSA) is 64.1 Å². The Balaban J connectivity index is 1.80. The SMILES string of the molecule is O=C(Nc1cnc(Cl)cn1)C1OCCc2ccccc21. The van der Waals surface area contributed by atoms with Gasteiger partial charge in [-0.15, -0.1) is 0 Å². The van der Waals surface area contributed by atoms with Gasteiger partial charge in [-0.3, -0.25) is 4.79 Å². The fourth-order valence-electron chi connectivity index (χ4n) is 2.18. The largest absolute Gasteiger partial charge is 0.363 e. The predicted octanol–water partition coefficient (Wildman–Crippen LogP) is 2.38. The summed E-state index contributed by atoms with van der Waals surface area (Å²) in [5.41, 5.74) is 2.04. The molecule has 2 aromatic rings. The van der Waals surface area contributed by atoms with Gasteiger partial charge in [-0.2, -0.15) is 0 Å². The number of nitrogens with zero attached hydrogens (tertiary/aromatic N) is 2. The molecule has 102 valence electrons. The van der Waals surface area contributed by atoms with E-state index in [1.54, 1.807) is 0 Å². The third kappa shape index (κ3) is 2.64. The van der Waals surface area contributed by atoms with Crippen molar-refractivity contribution in [3.63, 3.8) is 0 Å². The maximum Gasteiger partial charge on any atom is 0.259 e. The van der Waals surface area contributed by atoms with Crippen molar-refractivity contribution in [3.05, 3.63) is 52.9 Å². The molecule has 0 saturated heterocycles. The first kappa shape index (κ1) is 13.0. The first-order chi connectivity index (χ1) is 9.74. The molecule has 1 aromatic heterocycles. The number of ether oxygens (including phenoxy) is 1. The van der Waals surface area contributed by atoms with Gasteiger partial charge in [0.15, 0.2) is 11.9 Å². The van der Waals surface area contributed by atoms with E-state index in [0.29, 0.717) is 12.4 Å². The van der Waals surface area contributed by atoms with Crippen LogP contribution in [-0.4, -0.2) is 22.5 Å². The molecule has 0 spiro atoms. The lowest BCUT2D eigenvalue weighted by molar-refractivity contribution is -0.128. The Morgan fingerprint density at radius 2 is 2.15 bits per heavy atom. The lowest BCUT2D eigenvalue weighted by Gasteiger charge is -2.24. The number of carbonyl (C=O) groups excluding carboxylic acids is 1. The average Bonchev–Trinajstić information content (AvgIpc) is 2.49. The molecule has 0 aliphatic carbocycles. The monoisotopic (exact) mass is 289 g/mol. The number of benzene rings is 1. The molecule has 3 rings (SSSR count). The summed E-state index contributed by atoms with van der Waals surface area (Å²) in [6, 6.07) is 7.78. The highest BCUT2D eigenvalue weighted by atomic mass is 35.5. The van der Waals surface area contributed by atoms with Crippen molar-refractivity contribution in [2.24, 2.45) is 0 Å². The summed E-state index contributed by atoms with van der Waals surface area (Å²) in [4.78, 5) is 20.1. The van der Waals surface area contributed by atoms with Crippen molar-refractivity contribution in [1.82, 2.24) is 9.97 Å². The molecule has 6 heteroatoms. The maximum absolute atomic E-state index is 12.3. The molecule has 5 nitrogen and oxygen atoms in total. The van der Waals surface area contributed by atoms with E-state index in [4.69, 9.17) is 16.3 Å². The second kappa shape index (κ2) is 5.56. The number of halogens is 1. The lowest BCUT2D eigenvalue weighted by atomic mass is 9.97. The minimum absolute atomic E-state index is 0.256. The highest BCUT2D eigenvalue weighted by Gasteiger charge is 2.27. The number of carbonyl (C=O) groups is 1. The van der Waals surface area contributed by atoms with Gasteiger partial charge in [0.25, 0.3) is 5.91 Å². The van der Waals surface area contributed by atoms with E-state index >= 15 is 0 Å². The van der Waals surface area contributed by atoms with Crippen molar-refractivity contribution in [1.29, 1.82) is 0 Å². The van der Waals surface area contributed by atoms with Crippen molar-refractivity contribution < 1.29 is 9.53 Å². The Morgan fingerprint density at radius 3 is 2.95 bits per heavy atom. The molecular formula is C14H12ClN3O2. The molecular weight excluding hydrogens is 278 g/mol. The summed E-state index contributed by atoms with van der Waals surface area (Å²) in [5.74, 6) is 0.0971. The van der Waals surface area contributed by atoms with Crippen LogP contribution in [-0.2, 0) is 16.0 Å². The van der Waals surface area contributed by atoms with Crippen molar-refractivity contribution in [2.45, 2.75) is 12.5 Å². The van der Waals surface area contributed by atoms with Crippen LogP contribution in [0.15, 0.2) is 36.7 Å². The van der Waals surface area contributed by atoms with E-state index in [0.717, 1.165) is 17.5 Å². The summed E-state index contributed by atoms with van der Waals surface area (Å²) in [6.45, 7) is 0.529. The van der Waals surface area contributed by atoms with Gasteiger partial charge in [0.2, 0.25) is 0 Å². The molecule has 20 heavy (non-hydrogen) atoms. The third-order valence-corrected chi connectivity index (χ3v) is 3.30. The molecule has 0 radical (unpaired) electrons. The van der Waals surface area contributed by atoms with E-state index in [1.165, 1.54) is 12.4 Å². The van der Waals surface area contributed by atoms with E-state index < -0.39 is 6.10 Å². The second-order valence-corrected chi connectivity index (χ2v) is 4.80. The number of nitrogens with one attached hydrogen (secondary N) is 1. The zero-order chi connectivity index (χ0) is 13.9. The zero-order valence-corrected chi connectivity index (χ0v) is 11.3. The minimum atomic E-state index is -0.613. The molecule has 1 aromatic carbocycles. The lowest BCUT2D eigenvalue weighted by Crippen LogP contribution is -2.28. The van der Waals surface area contributed by atoms with Crippen LogP contribution in [0.25, 0.3) is 0 Å². The van der Waals surface area contributed by atoms with Gasteiger partial charge < -0.3 is 10.1 Å². The van der Waals surface area contributed by atoms with Crippen molar-refractivity contribution in [2.75, 3.05) is 11.9 Å². The van der Waals surface area contributed by atoms with Crippen LogP contribution in [0.1, 0.15) is 17.2 Å². The molecule has 1 aliphatic heterocycles. The summed E-state index contributed by atoms with van der Waals surface area (Å²) in [7, 11) is 0. The summed E-state index contributed by atoms with van der Waals surface area (Å²) in [6.07, 6.45) is 3.00. The van der Waals surface area contributed by atoms with E-state index in [1.807, 2.05) is 24.3 Å². The third-order valence-electron chi connectivity index (χ3n) is 3.10. The number of hydrogen-bond acceptors (Lipinski definition) is 4. The van der Waals surface area contributed by atoms with Gasteiger partial charge in [-0.05, 0) is 17.5 Å². The number of anilines is 1. The van der Waals surface area contributed by atoms with Crippen molar-refractivity contribution >= 4 is 23.3 Å². The van der Waals surface area contributed by atoms with E-state index in [-0.39, 0.29) is 11.1 Å². The fourth-order valence-corrected chi connectivity index (χ4v) is 2.28. The minimum Gasteiger partial charge on any atom is -0.363 e. The van der Waals surface area contributed by atoms with Crippen LogP contribution in [0.5, 0.6) is 0 Å². The first-order valence-electron chi connectivity index (χ1n) is 6.22. The Morgan fingerprint density at radius 1 is 1.30 bits per heavy atom. The number of rotatable bonds is 2. The van der Waals surface area contributed by atoms with Crippen LogP contribution in [0, 0.1) is 0 Å². The predicted molar refractivity (Wildman–Crippen MR) is 74.5 cm³/mol. The maximum atomic E-state index is 12.3. The summed E-state index contributed by atoms with van der Waals surface area (Å²) >= 11 is 5.65. The smallest absolute Gasteiger partial charge is 0.259 e. The van der Waals surface area contributed by atoms with E-state index in [2.05, 4.69) is 15.3 Å². The Labute approximate surface area is 121 Å². The van der Waals surface area contributed by atoms with Gasteiger partial charge in [-0.1, -0.05) is 35.9 Å². The van der Waals surface area contributed by atoms with Crippen LogP contribution in [0.2, 0.25) is 5.15 Å². The molecule has 0 saturated carbocycles. The Hall–Kier alpha value is -1.98. The van der Waals surface area contributed by atoms with Crippen molar-refractivity contribution in [3.8, 4) is 0 Å². The quantitative estimate of drug-likeness (QED) is 0.922. The van der Waals surface area contributed by atoms with Crippen LogP contribution < -0.4 is 5.32 Å².